The molecule has 8 nitrogen and oxygen atoms in total. The largest absolute Gasteiger partial charge is 0.454 e. The Hall–Kier alpha value is -3.52. The highest BCUT2D eigenvalue weighted by atomic mass is 35.5. The Kier molecular flexibility index (Phi) is 3.95. The van der Waals surface area contributed by atoms with Crippen LogP contribution in [0.15, 0.2) is 53.7 Å². The number of aromatic nitrogens is 3. The third-order valence-electron chi connectivity index (χ3n) is 4.91. The van der Waals surface area contributed by atoms with E-state index in [0.29, 0.717) is 39.6 Å². The molecule has 1 unspecified atom stereocenters. The van der Waals surface area contributed by atoms with Crippen LogP contribution in [0, 0.1) is 0 Å². The van der Waals surface area contributed by atoms with Gasteiger partial charge in [-0.3, -0.25) is 4.79 Å². The second kappa shape index (κ2) is 6.52. The Morgan fingerprint density at radius 1 is 1.24 bits per heavy atom. The summed E-state index contributed by atoms with van der Waals surface area (Å²) >= 11 is 6.11. The van der Waals surface area contributed by atoms with E-state index < -0.39 is 11.9 Å². The number of primary amides is 1. The zero-order valence-corrected chi connectivity index (χ0v) is 16.1. The first-order chi connectivity index (χ1) is 14.0. The van der Waals surface area contributed by atoms with Crippen molar-refractivity contribution in [1.29, 1.82) is 0 Å². The topological polar surface area (TPSA) is 104 Å². The Labute approximate surface area is 170 Å². The average Bonchev–Trinajstić information content (AvgIpc) is 3.32. The summed E-state index contributed by atoms with van der Waals surface area (Å²) in [6, 6.07) is 12.2. The number of carbonyl (C=O) groups excluding carboxylic acids is 1. The second-order valence-corrected chi connectivity index (χ2v) is 7.19. The predicted octanol–water partition coefficient (Wildman–Crippen LogP) is 3.10. The quantitative estimate of drug-likeness (QED) is 0.688. The minimum Gasteiger partial charge on any atom is -0.454 e. The van der Waals surface area contributed by atoms with Gasteiger partial charge in [0, 0.05) is 16.3 Å². The number of ether oxygens (including phenoxy) is 2. The molecule has 2 aliphatic rings. The number of rotatable bonds is 3. The number of allylic oxidation sites excluding steroid dienone is 1. The number of fused-ring (bicyclic) bond motifs is 2. The van der Waals surface area contributed by atoms with Gasteiger partial charge in [-0.15, -0.1) is 5.10 Å². The van der Waals surface area contributed by atoms with Crippen molar-refractivity contribution in [3.63, 3.8) is 0 Å². The summed E-state index contributed by atoms with van der Waals surface area (Å²) in [6.45, 7) is 1.95. The van der Waals surface area contributed by atoms with E-state index >= 15 is 0 Å². The van der Waals surface area contributed by atoms with Gasteiger partial charge in [0.2, 0.25) is 18.6 Å². The summed E-state index contributed by atoms with van der Waals surface area (Å²) in [6.07, 6.45) is 0. The first kappa shape index (κ1) is 17.6. The van der Waals surface area contributed by atoms with Crippen molar-refractivity contribution in [1.82, 2.24) is 14.8 Å². The van der Waals surface area contributed by atoms with E-state index in [4.69, 9.17) is 26.8 Å². The molecule has 0 radical (unpaired) electrons. The summed E-state index contributed by atoms with van der Waals surface area (Å²) in [5.74, 6) is 1.72. The van der Waals surface area contributed by atoms with Crippen molar-refractivity contribution in [2.75, 3.05) is 12.1 Å². The van der Waals surface area contributed by atoms with Crippen molar-refractivity contribution >= 4 is 23.5 Å². The highest BCUT2D eigenvalue weighted by Crippen LogP contribution is 2.40. The molecule has 1 aromatic heterocycles. The molecule has 2 aromatic carbocycles. The average molecular weight is 410 g/mol. The third kappa shape index (κ3) is 2.89. The van der Waals surface area contributed by atoms with E-state index in [-0.39, 0.29) is 6.79 Å². The molecule has 0 saturated carbocycles. The van der Waals surface area contributed by atoms with E-state index in [1.54, 1.807) is 23.7 Å². The minimum atomic E-state index is -0.557. The number of nitrogens with one attached hydrogen (secondary N) is 1. The molecule has 5 rings (SSSR count). The standard InChI is InChI=1S/C20H16ClN5O3/c1-10-16(18(22)27)17(11-5-6-14-15(8-11)29-9-28-14)26-20(23-10)24-19(25-26)12-3-2-4-13(21)7-12/h2-8,17H,9H2,1H3,(H2,22,27)(H,23,24,25). The van der Waals surface area contributed by atoms with Gasteiger partial charge in [-0.2, -0.15) is 4.98 Å². The number of benzene rings is 2. The summed E-state index contributed by atoms with van der Waals surface area (Å²) in [4.78, 5) is 16.9. The minimum absolute atomic E-state index is 0.163. The lowest BCUT2D eigenvalue weighted by Crippen LogP contribution is -2.31. The van der Waals surface area contributed by atoms with Crippen LogP contribution in [0.1, 0.15) is 18.5 Å². The number of hydrogen-bond acceptors (Lipinski definition) is 6. The third-order valence-corrected chi connectivity index (χ3v) is 5.15. The molecule has 29 heavy (non-hydrogen) atoms. The molecule has 0 bridgehead atoms. The molecular weight excluding hydrogens is 394 g/mol. The van der Waals surface area contributed by atoms with Gasteiger partial charge in [0.05, 0.1) is 5.57 Å². The molecule has 2 aliphatic heterocycles. The molecule has 3 N–H and O–H groups in total. The van der Waals surface area contributed by atoms with Gasteiger partial charge in [0.15, 0.2) is 17.3 Å². The second-order valence-electron chi connectivity index (χ2n) is 6.76. The lowest BCUT2D eigenvalue weighted by molar-refractivity contribution is -0.115. The maximum absolute atomic E-state index is 12.3. The number of nitrogens with two attached hydrogens (primary N) is 1. The molecule has 3 aromatic rings. The first-order valence-electron chi connectivity index (χ1n) is 8.91. The van der Waals surface area contributed by atoms with Crippen LogP contribution in [-0.4, -0.2) is 27.5 Å². The van der Waals surface area contributed by atoms with Crippen LogP contribution >= 0.6 is 11.6 Å². The monoisotopic (exact) mass is 409 g/mol. The number of amides is 1. The maximum Gasteiger partial charge on any atom is 0.248 e. The van der Waals surface area contributed by atoms with Gasteiger partial charge in [-0.05, 0) is 36.8 Å². The Bertz CT molecular complexity index is 1190. The number of halogens is 1. The fourth-order valence-corrected chi connectivity index (χ4v) is 3.80. The van der Waals surface area contributed by atoms with Crippen molar-refractivity contribution in [2.45, 2.75) is 13.0 Å². The number of carbonyl (C=O) groups is 1. The molecule has 0 aliphatic carbocycles. The van der Waals surface area contributed by atoms with Gasteiger partial charge in [-0.1, -0.05) is 29.8 Å². The molecule has 0 fully saturated rings. The Balaban J connectivity index is 1.67. The van der Waals surface area contributed by atoms with Gasteiger partial charge in [0.25, 0.3) is 0 Å². The zero-order valence-electron chi connectivity index (χ0n) is 15.3. The smallest absolute Gasteiger partial charge is 0.248 e. The molecule has 1 atom stereocenters. The maximum atomic E-state index is 12.3. The fourth-order valence-electron chi connectivity index (χ4n) is 3.61. The van der Waals surface area contributed by atoms with Gasteiger partial charge >= 0.3 is 0 Å². The van der Waals surface area contributed by atoms with Crippen LogP contribution in [0.5, 0.6) is 11.5 Å². The van der Waals surface area contributed by atoms with Crippen molar-refractivity contribution in [3.8, 4) is 22.9 Å². The van der Waals surface area contributed by atoms with Crippen LogP contribution in [0.2, 0.25) is 5.02 Å². The van der Waals surface area contributed by atoms with Gasteiger partial charge < -0.3 is 20.5 Å². The van der Waals surface area contributed by atoms with Crippen molar-refractivity contribution in [3.05, 3.63) is 64.3 Å². The summed E-state index contributed by atoms with van der Waals surface area (Å²) in [7, 11) is 0. The number of hydrogen-bond donors (Lipinski definition) is 2. The van der Waals surface area contributed by atoms with E-state index in [1.165, 1.54) is 0 Å². The molecule has 146 valence electrons. The highest BCUT2D eigenvalue weighted by Gasteiger charge is 2.34. The predicted molar refractivity (Wildman–Crippen MR) is 107 cm³/mol. The Morgan fingerprint density at radius 2 is 2.07 bits per heavy atom. The van der Waals surface area contributed by atoms with Crippen molar-refractivity contribution < 1.29 is 14.3 Å². The summed E-state index contributed by atoms with van der Waals surface area (Å²) < 4.78 is 12.5. The van der Waals surface area contributed by atoms with E-state index in [1.807, 2.05) is 30.3 Å². The lowest BCUT2D eigenvalue weighted by atomic mass is 9.95. The number of anilines is 1. The van der Waals surface area contributed by atoms with E-state index in [2.05, 4.69) is 15.4 Å². The van der Waals surface area contributed by atoms with Crippen LogP contribution in [0.25, 0.3) is 11.4 Å². The molecule has 9 heteroatoms. The fraction of sp³-hybridized carbons (Fsp3) is 0.150. The lowest BCUT2D eigenvalue weighted by Gasteiger charge is -2.27. The van der Waals surface area contributed by atoms with Gasteiger partial charge in [-0.25, -0.2) is 4.68 Å². The molecular formula is C20H16ClN5O3. The summed E-state index contributed by atoms with van der Waals surface area (Å²) in [5.41, 5.74) is 8.30. The molecule has 3 heterocycles. The van der Waals surface area contributed by atoms with E-state index in [0.717, 1.165) is 11.1 Å². The normalized spacial score (nSPS) is 17.1. The SMILES string of the molecule is CC1=C(C(N)=O)C(c2ccc3c(c2)OCO3)n2nc(-c3cccc(Cl)c3)nc2N1. The molecule has 1 amide bonds. The first-order valence-corrected chi connectivity index (χ1v) is 9.28. The van der Waals surface area contributed by atoms with Crippen LogP contribution in [0.3, 0.4) is 0 Å². The van der Waals surface area contributed by atoms with E-state index in [9.17, 15) is 4.79 Å². The van der Waals surface area contributed by atoms with Crippen LogP contribution < -0.4 is 20.5 Å². The Morgan fingerprint density at radius 3 is 2.86 bits per heavy atom. The molecule has 0 spiro atoms. The number of nitrogens with zero attached hydrogens (tertiary/aromatic N) is 3. The van der Waals surface area contributed by atoms with Crippen LogP contribution in [0.4, 0.5) is 5.95 Å². The zero-order chi connectivity index (χ0) is 20.1. The highest BCUT2D eigenvalue weighted by molar-refractivity contribution is 6.30. The summed E-state index contributed by atoms with van der Waals surface area (Å²) in [5, 5.41) is 8.36. The molecule has 0 saturated heterocycles. The van der Waals surface area contributed by atoms with Crippen molar-refractivity contribution in [2.24, 2.45) is 5.73 Å². The van der Waals surface area contributed by atoms with Crippen LogP contribution in [-0.2, 0) is 4.79 Å². The van der Waals surface area contributed by atoms with Gasteiger partial charge in [0.1, 0.15) is 6.04 Å².